The van der Waals surface area contributed by atoms with Crippen LogP contribution in [0, 0.1) is 0 Å². The Balaban J connectivity index is 4.62. The summed E-state index contributed by atoms with van der Waals surface area (Å²) in [5, 5.41) is 0. The molecular formula is C15H24O4. The van der Waals surface area contributed by atoms with Crippen molar-refractivity contribution in [1.29, 1.82) is 0 Å². The highest BCUT2D eigenvalue weighted by atomic mass is 16.6. The molecule has 0 radical (unpaired) electrons. The first kappa shape index (κ1) is 17.6. The number of carbonyl (C=O) groups is 2. The number of esters is 1. The molecule has 0 unspecified atom stereocenters. The Hall–Kier alpha value is -1.42. The monoisotopic (exact) mass is 268 g/mol. The summed E-state index contributed by atoms with van der Waals surface area (Å²) >= 11 is 0. The zero-order chi connectivity index (χ0) is 15.4. The van der Waals surface area contributed by atoms with Crippen molar-refractivity contribution in [2.45, 2.75) is 52.7 Å². The molecule has 0 saturated carbocycles. The van der Waals surface area contributed by atoms with Crippen LogP contribution in [0.15, 0.2) is 24.3 Å². The molecule has 0 aliphatic carbocycles. The van der Waals surface area contributed by atoms with Gasteiger partial charge in [0.05, 0.1) is 6.61 Å². The summed E-state index contributed by atoms with van der Waals surface area (Å²) in [5.41, 5.74) is -1.06. The first-order valence-corrected chi connectivity index (χ1v) is 6.12. The molecule has 0 aromatic carbocycles. The third kappa shape index (κ3) is 5.83. The van der Waals surface area contributed by atoms with Crippen LogP contribution in [0.2, 0.25) is 0 Å². The zero-order valence-corrected chi connectivity index (χ0v) is 12.8. The van der Waals surface area contributed by atoms with Crippen molar-refractivity contribution in [2.24, 2.45) is 0 Å². The first-order chi connectivity index (χ1) is 8.39. The van der Waals surface area contributed by atoms with Crippen molar-refractivity contribution in [3.05, 3.63) is 24.3 Å². The third-order valence-electron chi connectivity index (χ3n) is 2.43. The molecule has 0 aromatic heterocycles. The topological polar surface area (TPSA) is 52.6 Å². The lowest BCUT2D eigenvalue weighted by Gasteiger charge is -2.31. The van der Waals surface area contributed by atoms with Gasteiger partial charge in [-0.05, 0) is 47.1 Å². The van der Waals surface area contributed by atoms with Crippen molar-refractivity contribution in [1.82, 2.24) is 0 Å². The van der Waals surface area contributed by atoms with E-state index in [9.17, 15) is 9.59 Å². The van der Waals surface area contributed by atoms with Crippen LogP contribution in [0.5, 0.6) is 0 Å². The molecule has 0 aliphatic rings. The van der Waals surface area contributed by atoms with Gasteiger partial charge in [0.1, 0.15) is 11.2 Å². The fourth-order valence-corrected chi connectivity index (χ4v) is 1.30. The molecule has 0 N–H and O–H groups in total. The maximum Gasteiger partial charge on any atom is 0.333 e. The van der Waals surface area contributed by atoms with Gasteiger partial charge in [-0.3, -0.25) is 4.79 Å². The normalized spacial score (nSPS) is 11.9. The van der Waals surface area contributed by atoms with Crippen molar-refractivity contribution in [3.63, 3.8) is 0 Å². The first-order valence-electron chi connectivity index (χ1n) is 6.12. The van der Waals surface area contributed by atoms with E-state index in [1.54, 1.807) is 41.5 Å². The molecule has 0 amide bonds. The quantitative estimate of drug-likeness (QED) is 0.526. The van der Waals surface area contributed by atoms with E-state index < -0.39 is 17.2 Å². The number of hydrogen-bond donors (Lipinski definition) is 0. The lowest BCUT2D eigenvalue weighted by atomic mass is 9.98. The Kier molecular flexibility index (Phi) is 5.69. The molecular weight excluding hydrogens is 244 g/mol. The minimum Gasteiger partial charge on any atom is -0.454 e. The van der Waals surface area contributed by atoms with Crippen LogP contribution in [0.3, 0.4) is 0 Å². The summed E-state index contributed by atoms with van der Waals surface area (Å²) < 4.78 is 10.8. The predicted molar refractivity (Wildman–Crippen MR) is 74.8 cm³/mol. The van der Waals surface area contributed by atoms with Gasteiger partial charge in [-0.25, -0.2) is 4.79 Å². The van der Waals surface area contributed by atoms with Crippen molar-refractivity contribution >= 4 is 11.8 Å². The van der Waals surface area contributed by atoms with Gasteiger partial charge < -0.3 is 9.47 Å². The highest BCUT2D eigenvalue weighted by Crippen LogP contribution is 2.20. The van der Waals surface area contributed by atoms with Gasteiger partial charge in [-0.1, -0.05) is 13.2 Å². The van der Waals surface area contributed by atoms with Crippen LogP contribution in [-0.2, 0) is 19.1 Å². The fourth-order valence-electron chi connectivity index (χ4n) is 1.30. The number of ketones is 1. The number of ether oxygens (including phenoxy) is 2. The number of Topliss-reactive ketones (excluding diaryl/α,β-unsaturated/α-hetero) is 1. The van der Waals surface area contributed by atoms with Crippen LogP contribution < -0.4 is 0 Å². The molecule has 0 atom stereocenters. The van der Waals surface area contributed by atoms with Gasteiger partial charge in [0.15, 0.2) is 5.78 Å². The van der Waals surface area contributed by atoms with E-state index in [0.717, 1.165) is 0 Å². The second kappa shape index (κ2) is 6.15. The minimum absolute atomic E-state index is 0.109. The Morgan fingerprint density at radius 2 is 1.47 bits per heavy atom. The van der Waals surface area contributed by atoms with Gasteiger partial charge >= 0.3 is 5.97 Å². The molecule has 0 fully saturated rings. The van der Waals surface area contributed by atoms with Crippen LogP contribution in [0.25, 0.3) is 0 Å². The second-order valence-electron chi connectivity index (χ2n) is 5.84. The van der Waals surface area contributed by atoms with Crippen LogP contribution in [0.4, 0.5) is 0 Å². The molecule has 0 rings (SSSR count). The van der Waals surface area contributed by atoms with Gasteiger partial charge in [-0.15, -0.1) is 0 Å². The summed E-state index contributed by atoms with van der Waals surface area (Å²) in [4.78, 5) is 23.3. The molecule has 4 heteroatoms. The van der Waals surface area contributed by atoms with Crippen LogP contribution in [0.1, 0.15) is 41.5 Å². The van der Waals surface area contributed by atoms with E-state index in [4.69, 9.17) is 9.47 Å². The molecule has 0 aromatic rings. The zero-order valence-electron chi connectivity index (χ0n) is 12.8. The van der Waals surface area contributed by atoms with Crippen LogP contribution >= 0.6 is 0 Å². The Bertz CT molecular complexity index is 402. The summed E-state index contributed by atoms with van der Waals surface area (Å²) in [6.07, 6.45) is 0. The minimum atomic E-state index is -0.987. The summed E-state index contributed by atoms with van der Waals surface area (Å²) in [6.45, 7) is 17.2. The van der Waals surface area contributed by atoms with E-state index in [0.29, 0.717) is 11.1 Å². The Labute approximate surface area is 115 Å². The third-order valence-corrected chi connectivity index (χ3v) is 2.43. The fraction of sp³-hybridized carbons (Fsp3) is 0.600. The lowest BCUT2D eigenvalue weighted by Crippen LogP contribution is -2.42. The van der Waals surface area contributed by atoms with E-state index >= 15 is 0 Å². The average Bonchev–Trinajstić information content (AvgIpc) is 2.24. The predicted octanol–water partition coefficient (Wildman–Crippen LogP) is 2.82. The Morgan fingerprint density at radius 1 is 1.00 bits per heavy atom. The smallest absolute Gasteiger partial charge is 0.333 e. The van der Waals surface area contributed by atoms with Gasteiger partial charge in [-0.2, -0.15) is 0 Å². The molecule has 0 aliphatic heterocycles. The lowest BCUT2D eigenvalue weighted by molar-refractivity contribution is -0.166. The number of hydrogen-bond acceptors (Lipinski definition) is 4. The highest BCUT2D eigenvalue weighted by molar-refractivity contribution is 6.00. The van der Waals surface area contributed by atoms with Crippen molar-refractivity contribution in [2.75, 3.05) is 6.61 Å². The maximum atomic E-state index is 11.9. The SMILES string of the molecule is C=C(C)C(=O)OC(C)(C)COC(C)(C)C(=O)C(=C)C. The largest absolute Gasteiger partial charge is 0.454 e. The molecule has 0 spiro atoms. The number of rotatable bonds is 7. The van der Waals surface area contributed by atoms with Crippen molar-refractivity contribution in [3.8, 4) is 0 Å². The van der Waals surface area contributed by atoms with E-state index in [1.807, 2.05) is 0 Å². The molecule has 4 nitrogen and oxygen atoms in total. The van der Waals surface area contributed by atoms with Crippen molar-refractivity contribution < 1.29 is 19.1 Å². The van der Waals surface area contributed by atoms with E-state index in [1.165, 1.54) is 0 Å². The van der Waals surface area contributed by atoms with E-state index in [2.05, 4.69) is 13.2 Å². The van der Waals surface area contributed by atoms with Crippen LogP contribution in [-0.4, -0.2) is 29.6 Å². The Morgan fingerprint density at radius 3 is 1.84 bits per heavy atom. The number of carbonyl (C=O) groups excluding carboxylic acids is 2. The average molecular weight is 268 g/mol. The van der Waals surface area contributed by atoms with E-state index in [-0.39, 0.29) is 12.4 Å². The molecule has 19 heavy (non-hydrogen) atoms. The molecule has 108 valence electrons. The van der Waals surface area contributed by atoms with Gasteiger partial charge in [0.25, 0.3) is 0 Å². The molecule has 0 saturated heterocycles. The molecule has 0 bridgehead atoms. The molecule has 0 heterocycles. The summed E-state index contributed by atoms with van der Waals surface area (Å²) in [7, 11) is 0. The summed E-state index contributed by atoms with van der Waals surface area (Å²) in [5.74, 6) is -0.646. The standard InChI is InChI=1S/C15H24O4/c1-10(2)12(16)15(7,8)18-9-14(5,6)19-13(17)11(3)4/h1,3,9H2,2,4-8H3. The maximum absolute atomic E-state index is 11.9. The van der Waals surface area contributed by atoms with Gasteiger partial charge in [0, 0.05) is 5.57 Å². The highest BCUT2D eigenvalue weighted by Gasteiger charge is 2.33. The summed E-state index contributed by atoms with van der Waals surface area (Å²) in [6, 6.07) is 0. The second-order valence-corrected chi connectivity index (χ2v) is 5.84. The van der Waals surface area contributed by atoms with Gasteiger partial charge in [0.2, 0.25) is 0 Å².